The predicted molar refractivity (Wildman–Crippen MR) is 114 cm³/mol. The highest BCUT2D eigenvalue weighted by Crippen LogP contribution is 2.34. The summed E-state index contributed by atoms with van der Waals surface area (Å²) in [4.78, 5) is 30.0. The number of fused-ring (bicyclic) bond motifs is 2. The Morgan fingerprint density at radius 1 is 1.06 bits per heavy atom. The molecule has 0 saturated carbocycles. The molecule has 4 aromatic rings. The Kier molecular flexibility index (Phi) is 5.32. The van der Waals surface area contributed by atoms with Gasteiger partial charge in [0.15, 0.2) is 0 Å². The summed E-state index contributed by atoms with van der Waals surface area (Å²) in [5.41, 5.74) is 4.78. The first-order valence-electron chi connectivity index (χ1n) is 9.40. The molecular weight excluding hydrogens is 443 g/mol. The van der Waals surface area contributed by atoms with Crippen molar-refractivity contribution >= 4 is 33.3 Å². The van der Waals surface area contributed by atoms with Crippen LogP contribution in [0.15, 0.2) is 53.5 Å². The van der Waals surface area contributed by atoms with Crippen molar-refractivity contribution < 1.29 is 32.2 Å². The van der Waals surface area contributed by atoms with Crippen molar-refractivity contribution in [2.75, 3.05) is 20.0 Å². The molecule has 0 atom stereocenters. The molecule has 33 heavy (non-hydrogen) atoms. The van der Waals surface area contributed by atoms with Gasteiger partial charge in [0.2, 0.25) is 5.88 Å². The fourth-order valence-electron chi connectivity index (χ4n) is 3.65. The zero-order chi connectivity index (χ0) is 23.9. The fourth-order valence-corrected chi connectivity index (χ4v) is 3.65. The second-order valence-corrected chi connectivity index (χ2v) is 6.84. The average molecular weight is 459 g/mol. The van der Waals surface area contributed by atoms with Crippen molar-refractivity contribution in [1.82, 2.24) is 9.55 Å². The molecule has 2 aromatic carbocycles. The first-order valence-corrected chi connectivity index (χ1v) is 9.40. The molecule has 2 aromatic heterocycles. The fraction of sp³-hybridized carbons (Fsp3) is 0.136. The Balaban J connectivity index is 2.17. The van der Waals surface area contributed by atoms with Crippen LogP contribution in [0, 0.1) is 0 Å². The highest BCUT2D eigenvalue weighted by atomic mass is 19.4. The Morgan fingerprint density at radius 2 is 1.82 bits per heavy atom. The van der Waals surface area contributed by atoms with Crippen LogP contribution >= 0.6 is 0 Å². The van der Waals surface area contributed by atoms with Crippen LogP contribution in [-0.4, -0.2) is 36.1 Å². The second-order valence-electron chi connectivity index (χ2n) is 6.84. The number of halogens is 3. The Bertz CT molecular complexity index is 1460. The summed E-state index contributed by atoms with van der Waals surface area (Å²) in [6.45, 7) is 0. The number of carbonyl (C=O) groups is 1. The number of rotatable bonds is 4. The lowest BCUT2D eigenvalue weighted by Gasteiger charge is -2.18. The first-order chi connectivity index (χ1) is 15.7. The van der Waals surface area contributed by atoms with E-state index < -0.39 is 29.2 Å². The SMILES string of the molecule is COC(=O)c1c(N)c2ccc(OC(F)(F)F)cc2n(-c2cccc3c(OC)nccc23)c1=O. The van der Waals surface area contributed by atoms with Gasteiger partial charge in [-0.3, -0.25) is 9.36 Å². The molecule has 0 unspecified atom stereocenters. The van der Waals surface area contributed by atoms with Crippen LogP contribution in [0.25, 0.3) is 27.4 Å². The minimum Gasteiger partial charge on any atom is -0.481 e. The van der Waals surface area contributed by atoms with Crippen molar-refractivity contribution in [3.63, 3.8) is 0 Å². The zero-order valence-corrected chi connectivity index (χ0v) is 17.3. The molecule has 0 amide bonds. The van der Waals surface area contributed by atoms with Crippen molar-refractivity contribution in [2.24, 2.45) is 0 Å². The molecule has 0 radical (unpaired) electrons. The minimum absolute atomic E-state index is 0.00446. The van der Waals surface area contributed by atoms with Crippen molar-refractivity contribution in [2.45, 2.75) is 6.36 Å². The van der Waals surface area contributed by atoms with Gasteiger partial charge in [-0.05, 0) is 30.3 Å². The van der Waals surface area contributed by atoms with Gasteiger partial charge in [-0.15, -0.1) is 13.2 Å². The number of pyridine rings is 2. The Hall–Kier alpha value is -4.28. The first kappa shape index (κ1) is 21.9. The number of esters is 1. The Morgan fingerprint density at radius 3 is 2.48 bits per heavy atom. The number of nitrogens with two attached hydrogens (primary N) is 1. The van der Waals surface area contributed by atoms with Gasteiger partial charge >= 0.3 is 12.3 Å². The normalized spacial score (nSPS) is 11.5. The number of hydrogen-bond donors (Lipinski definition) is 1. The van der Waals surface area contributed by atoms with Crippen LogP contribution in [0.1, 0.15) is 10.4 Å². The largest absolute Gasteiger partial charge is 0.573 e. The van der Waals surface area contributed by atoms with Gasteiger partial charge < -0.3 is 19.9 Å². The molecule has 0 aliphatic heterocycles. The number of hydrogen-bond acceptors (Lipinski definition) is 7. The van der Waals surface area contributed by atoms with Crippen molar-refractivity contribution in [1.29, 1.82) is 0 Å². The number of nitrogens with zero attached hydrogens (tertiary/aromatic N) is 2. The topological polar surface area (TPSA) is 106 Å². The van der Waals surface area contributed by atoms with Gasteiger partial charge in [-0.2, -0.15) is 0 Å². The van der Waals surface area contributed by atoms with Crippen LogP contribution in [0.4, 0.5) is 18.9 Å². The molecule has 2 heterocycles. The standard InChI is InChI=1S/C22H16F3N3O5/c1-31-19-13-4-3-5-15(12(13)8-9-27-19)28-16-10-11(33-22(23,24)25)6-7-14(16)18(26)17(20(28)29)21(30)32-2/h3-10H,26H2,1-2H3. The highest BCUT2D eigenvalue weighted by Gasteiger charge is 2.32. The number of ether oxygens (including phenoxy) is 3. The number of alkyl halides is 3. The maximum absolute atomic E-state index is 13.5. The van der Waals surface area contributed by atoms with E-state index in [0.29, 0.717) is 10.8 Å². The van der Waals surface area contributed by atoms with E-state index in [1.54, 1.807) is 24.3 Å². The molecule has 0 aliphatic carbocycles. The summed E-state index contributed by atoms with van der Waals surface area (Å²) in [6, 6.07) is 9.80. The number of anilines is 1. The summed E-state index contributed by atoms with van der Waals surface area (Å²) in [7, 11) is 2.51. The molecule has 0 saturated heterocycles. The van der Waals surface area contributed by atoms with E-state index in [1.807, 2.05) is 0 Å². The van der Waals surface area contributed by atoms with Crippen LogP contribution in [0.5, 0.6) is 11.6 Å². The molecule has 170 valence electrons. The molecule has 0 aliphatic rings. The van der Waals surface area contributed by atoms with E-state index in [-0.39, 0.29) is 28.2 Å². The summed E-state index contributed by atoms with van der Waals surface area (Å²) >= 11 is 0. The maximum Gasteiger partial charge on any atom is 0.573 e. The molecule has 0 fully saturated rings. The lowest BCUT2D eigenvalue weighted by atomic mass is 10.1. The third-order valence-electron chi connectivity index (χ3n) is 4.99. The molecule has 2 N–H and O–H groups in total. The third-order valence-corrected chi connectivity index (χ3v) is 4.99. The third kappa shape index (κ3) is 3.77. The molecule has 11 heteroatoms. The van der Waals surface area contributed by atoms with Crippen LogP contribution in [-0.2, 0) is 4.74 Å². The minimum atomic E-state index is -4.95. The predicted octanol–water partition coefficient (Wildman–Crippen LogP) is 3.81. The van der Waals surface area contributed by atoms with E-state index in [2.05, 4.69) is 9.72 Å². The average Bonchev–Trinajstić information content (AvgIpc) is 2.77. The summed E-state index contributed by atoms with van der Waals surface area (Å²) in [6.07, 6.45) is -3.50. The lowest BCUT2D eigenvalue weighted by Crippen LogP contribution is -2.28. The highest BCUT2D eigenvalue weighted by molar-refractivity contribution is 6.05. The summed E-state index contributed by atoms with van der Waals surface area (Å²) in [5, 5.41) is 1.19. The second kappa shape index (κ2) is 8.01. The van der Waals surface area contributed by atoms with Gasteiger partial charge in [-0.25, -0.2) is 9.78 Å². The lowest BCUT2D eigenvalue weighted by molar-refractivity contribution is -0.274. The van der Waals surface area contributed by atoms with Crippen LogP contribution < -0.4 is 20.8 Å². The van der Waals surface area contributed by atoms with Gasteiger partial charge in [-0.1, -0.05) is 6.07 Å². The quantitative estimate of drug-likeness (QED) is 0.463. The number of nitrogen functional groups attached to an aromatic ring is 1. The number of methoxy groups -OCH3 is 2. The van der Waals surface area contributed by atoms with Gasteiger partial charge in [0, 0.05) is 28.4 Å². The number of carbonyl (C=O) groups excluding carboxylic acids is 1. The molecule has 0 spiro atoms. The summed E-state index contributed by atoms with van der Waals surface area (Å²) < 4.78 is 53.6. The number of aromatic nitrogens is 2. The molecule has 0 bridgehead atoms. The van der Waals surface area contributed by atoms with Crippen molar-refractivity contribution in [3.05, 3.63) is 64.6 Å². The van der Waals surface area contributed by atoms with Crippen LogP contribution in [0.3, 0.4) is 0 Å². The molecular formula is C22H16F3N3O5. The summed E-state index contributed by atoms with van der Waals surface area (Å²) in [5.74, 6) is -1.27. The Labute approximate surface area is 183 Å². The monoisotopic (exact) mass is 459 g/mol. The van der Waals surface area contributed by atoms with Gasteiger partial charge in [0.1, 0.15) is 11.3 Å². The number of benzene rings is 2. The molecule has 4 rings (SSSR count). The zero-order valence-electron chi connectivity index (χ0n) is 17.3. The molecule has 8 nitrogen and oxygen atoms in total. The van der Waals surface area contributed by atoms with E-state index in [0.717, 1.165) is 23.8 Å². The smallest absolute Gasteiger partial charge is 0.481 e. The van der Waals surface area contributed by atoms with Crippen molar-refractivity contribution in [3.8, 4) is 17.3 Å². The van der Waals surface area contributed by atoms with Gasteiger partial charge in [0.05, 0.1) is 31.1 Å². The van der Waals surface area contributed by atoms with E-state index in [9.17, 15) is 22.8 Å². The maximum atomic E-state index is 13.5. The van der Waals surface area contributed by atoms with Crippen LogP contribution in [0.2, 0.25) is 0 Å². The van der Waals surface area contributed by atoms with E-state index in [4.69, 9.17) is 15.2 Å². The van der Waals surface area contributed by atoms with Gasteiger partial charge in [0.25, 0.3) is 5.56 Å². The van der Waals surface area contributed by atoms with E-state index in [1.165, 1.54) is 19.4 Å². The van der Waals surface area contributed by atoms with E-state index >= 15 is 0 Å².